The highest BCUT2D eigenvalue weighted by Gasteiger charge is 2.16. The number of hydrogen-bond donors (Lipinski definition) is 2. The first-order valence-corrected chi connectivity index (χ1v) is 6.86. The Balaban J connectivity index is 4.14. The van der Waals surface area contributed by atoms with Crippen LogP contribution < -0.4 is 5.32 Å². The third-order valence-electron chi connectivity index (χ3n) is 3.26. The van der Waals surface area contributed by atoms with Crippen molar-refractivity contribution in [2.45, 2.75) is 26.3 Å². The Bertz CT molecular complexity index is 299. The van der Waals surface area contributed by atoms with Gasteiger partial charge in [-0.15, -0.1) is 0 Å². The lowest BCUT2D eigenvalue weighted by atomic mass is 10.2. The summed E-state index contributed by atoms with van der Waals surface area (Å²) in [6, 6.07) is 0.0810. The van der Waals surface area contributed by atoms with Crippen molar-refractivity contribution in [1.82, 2.24) is 15.1 Å². The van der Waals surface area contributed by atoms with Gasteiger partial charge in [0.1, 0.15) is 6.54 Å². The summed E-state index contributed by atoms with van der Waals surface area (Å²) in [7, 11) is 3.51. The third kappa shape index (κ3) is 7.96. The molecule has 0 fully saturated rings. The molecule has 7 heteroatoms. The van der Waals surface area contributed by atoms with Gasteiger partial charge in [-0.2, -0.15) is 0 Å². The number of carbonyl (C=O) groups excluding carboxylic acids is 1. The van der Waals surface area contributed by atoms with Crippen LogP contribution >= 0.6 is 0 Å². The second-order valence-electron chi connectivity index (χ2n) is 4.78. The van der Waals surface area contributed by atoms with Crippen molar-refractivity contribution >= 4 is 12.0 Å². The summed E-state index contributed by atoms with van der Waals surface area (Å²) in [5, 5.41) is 11.5. The van der Waals surface area contributed by atoms with E-state index in [1.54, 1.807) is 0 Å². The third-order valence-corrected chi connectivity index (χ3v) is 3.26. The molecule has 0 bridgehead atoms. The van der Waals surface area contributed by atoms with E-state index in [-0.39, 0.29) is 19.1 Å². The minimum absolute atomic E-state index is 0.260. The number of nitrogens with one attached hydrogen (secondary N) is 1. The van der Waals surface area contributed by atoms with Gasteiger partial charge >= 0.3 is 12.0 Å². The number of ether oxygens (including phenoxy) is 1. The van der Waals surface area contributed by atoms with Crippen LogP contribution in [0.15, 0.2) is 0 Å². The lowest BCUT2D eigenvalue weighted by Crippen LogP contribution is -2.46. The van der Waals surface area contributed by atoms with E-state index < -0.39 is 5.97 Å². The molecule has 0 rings (SSSR count). The Labute approximate surface area is 120 Å². The van der Waals surface area contributed by atoms with Gasteiger partial charge in [0.25, 0.3) is 0 Å². The molecule has 0 heterocycles. The number of urea groups is 1. The fourth-order valence-electron chi connectivity index (χ4n) is 1.60. The van der Waals surface area contributed by atoms with Crippen molar-refractivity contribution in [3.63, 3.8) is 0 Å². The molecule has 1 atom stereocenters. The maximum atomic E-state index is 11.9. The van der Waals surface area contributed by atoms with Gasteiger partial charge in [0.05, 0.1) is 6.61 Å². The Morgan fingerprint density at radius 3 is 2.50 bits per heavy atom. The van der Waals surface area contributed by atoms with E-state index in [9.17, 15) is 9.59 Å². The van der Waals surface area contributed by atoms with E-state index >= 15 is 0 Å². The number of carboxylic acid groups (broad SMARTS) is 1. The van der Waals surface area contributed by atoms with Crippen molar-refractivity contribution in [2.75, 3.05) is 46.9 Å². The van der Waals surface area contributed by atoms with E-state index in [0.717, 1.165) is 13.0 Å². The molecular weight excluding hydrogens is 262 g/mol. The Morgan fingerprint density at radius 1 is 1.35 bits per heavy atom. The fourth-order valence-corrected chi connectivity index (χ4v) is 1.60. The van der Waals surface area contributed by atoms with E-state index in [1.807, 2.05) is 7.05 Å². The quantitative estimate of drug-likeness (QED) is 0.610. The zero-order valence-corrected chi connectivity index (χ0v) is 12.9. The minimum Gasteiger partial charge on any atom is -0.480 e. The number of methoxy groups -OCH3 is 1. The van der Waals surface area contributed by atoms with Crippen LogP contribution in [0, 0.1) is 0 Å². The molecule has 0 spiro atoms. The second-order valence-corrected chi connectivity index (χ2v) is 4.78. The molecule has 0 aliphatic heterocycles. The predicted octanol–water partition coefficient (Wildman–Crippen LogP) is 0.459. The number of likely N-dealkylation sites (N-methyl/N-ethyl adjacent to an activating group) is 1. The average molecular weight is 289 g/mol. The first kappa shape index (κ1) is 18.7. The van der Waals surface area contributed by atoms with Crippen LogP contribution in [0.1, 0.15) is 20.3 Å². The molecule has 0 aromatic carbocycles. The van der Waals surface area contributed by atoms with Crippen LogP contribution in [0.25, 0.3) is 0 Å². The van der Waals surface area contributed by atoms with Crippen molar-refractivity contribution in [3.8, 4) is 0 Å². The standard InChI is InChI=1S/C13H27N3O4/c1-5-11(2)15(3)7-6-14-13(19)16(8-9-20-4)10-12(17)18/h11H,5-10H2,1-4H3,(H,14,19)(H,17,18). The highest BCUT2D eigenvalue weighted by molar-refractivity contribution is 5.80. The zero-order chi connectivity index (χ0) is 15.5. The summed E-state index contributed by atoms with van der Waals surface area (Å²) in [4.78, 5) is 26.0. The Kier molecular flexibility index (Phi) is 9.75. The Morgan fingerprint density at radius 2 is 2.00 bits per heavy atom. The van der Waals surface area contributed by atoms with E-state index in [2.05, 4.69) is 24.1 Å². The van der Waals surface area contributed by atoms with Crippen LogP contribution in [-0.2, 0) is 9.53 Å². The maximum absolute atomic E-state index is 11.9. The fraction of sp³-hybridized carbons (Fsp3) is 0.846. The average Bonchev–Trinajstić information content (AvgIpc) is 2.41. The Hall–Kier alpha value is -1.34. The summed E-state index contributed by atoms with van der Waals surface area (Å²) >= 11 is 0. The number of aliphatic carboxylic acids is 1. The van der Waals surface area contributed by atoms with E-state index in [1.165, 1.54) is 12.0 Å². The van der Waals surface area contributed by atoms with Crippen LogP contribution in [0.5, 0.6) is 0 Å². The molecule has 0 aliphatic carbocycles. The number of nitrogens with zero attached hydrogens (tertiary/aromatic N) is 2. The summed E-state index contributed by atoms with van der Waals surface area (Å²) in [5.41, 5.74) is 0. The number of carboxylic acids is 1. The van der Waals surface area contributed by atoms with Gasteiger partial charge in [-0.1, -0.05) is 6.92 Å². The van der Waals surface area contributed by atoms with Crippen molar-refractivity contribution < 1.29 is 19.4 Å². The molecular formula is C13H27N3O4. The SMILES string of the molecule is CCC(C)N(C)CCNC(=O)N(CCOC)CC(=O)O. The largest absolute Gasteiger partial charge is 0.480 e. The topological polar surface area (TPSA) is 82.1 Å². The summed E-state index contributed by atoms with van der Waals surface area (Å²) in [5.74, 6) is -1.03. The van der Waals surface area contributed by atoms with Gasteiger partial charge in [0.2, 0.25) is 0 Å². The molecule has 0 saturated carbocycles. The smallest absolute Gasteiger partial charge is 0.323 e. The molecule has 0 aliphatic rings. The molecule has 20 heavy (non-hydrogen) atoms. The van der Waals surface area contributed by atoms with Crippen molar-refractivity contribution in [2.24, 2.45) is 0 Å². The van der Waals surface area contributed by atoms with Gasteiger partial charge < -0.3 is 25.0 Å². The number of hydrogen-bond acceptors (Lipinski definition) is 4. The molecule has 0 radical (unpaired) electrons. The molecule has 118 valence electrons. The molecule has 2 amide bonds. The number of carbonyl (C=O) groups is 2. The van der Waals surface area contributed by atoms with Crippen molar-refractivity contribution in [3.05, 3.63) is 0 Å². The maximum Gasteiger partial charge on any atom is 0.323 e. The summed E-state index contributed by atoms with van der Waals surface area (Å²) < 4.78 is 4.87. The normalized spacial score (nSPS) is 12.2. The van der Waals surface area contributed by atoms with Gasteiger partial charge in [-0.25, -0.2) is 4.79 Å². The van der Waals surface area contributed by atoms with Crippen LogP contribution in [0.2, 0.25) is 0 Å². The van der Waals surface area contributed by atoms with Crippen molar-refractivity contribution in [1.29, 1.82) is 0 Å². The minimum atomic E-state index is -1.03. The van der Waals surface area contributed by atoms with Gasteiger partial charge in [-0.05, 0) is 20.4 Å². The molecule has 1 unspecified atom stereocenters. The molecule has 0 aromatic rings. The van der Waals surface area contributed by atoms with Gasteiger partial charge in [0.15, 0.2) is 0 Å². The molecule has 0 saturated heterocycles. The molecule has 0 aromatic heterocycles. The second kappa shape index (κ2) is 10.4. The lowest BCUT2D eigenvalue weighted by molar-refractivity contribution is -0.137. The van der Waals surface area contributed by atoms with Crippen LogP contribution in [-0.4, -0.2) is 79.9 Å². The van der Waals surface area contributed by atoms with E-state index in [0.29, 0.717) is 19.2 Å². The predicted molar refractivity (Wildman–Crippen MR) is 76.9 cm³/mol. The number of rotatable bonds is 10. The monoisotopic (exact) mass is 289 g/mol. The first-order valence-electron chi connectivity index (χ1n) is 6.86. The number of amides is 2. The summed E-state index contributed by atoms with van der Waals surface area (Å²) in [6.07, 6.45) is 1.05. The first-order chi connectivity index (χ1) is 9.42. The highest BCUT2D eigenvalue weighted by Crippen LogP contribution is 1.98. The van der Waals surface area contributed by atoms with Crippen LogP contribution in [0.3, 0.4) is 0 Å². The zero-order valence-electron chi connectivity index (χ0n) is 12.9. The van der Waals surface area contributed by atoms with Gasteiger partial charge in [0, 0.05) is 32.8 Å². The molecule has 2 N–H and O–H groups in total. The van der Waals surface area contributed by atoms with Gasteiger partial charge in [-0.3, -0.25) is 4.79 Å². The lowest BCUT2D eigenvalue weighted by Gasteiger charge is -2.25. The van der Waals surface area contributed by atoms with Crippen LogP contribution in [0.4, 0.5) is 4.79 Å². The highest BCUT2D eigenvalue weighted by atomic mass is 16.5. The molecule has 7 nitrogen and oxygen atoms in total. The van der Waals surface area contributed by atoms with E-state index in [4.69, 9.17) is 9.84 Å². The summed E-state index contributed by atoms with van der Waals surface area (Å²) in [6.45, 7) is 5.70.